The highest BCUT2D eigenvalue weighted by atomic mass is 35.5. The minimum absolute atomic E-state index is 0.255. The number of rotatable bonds is 2. The molecule has 0 saturated heterocycles. The lowest BCUT2D eigenvalue weighted by atomic mass is 9.96. The lowest BCUT2D eigenvalue weighted by Crippen LogP contribution is -2.24. The lowest BCUT2D eigenvalue weighted by Gasteiger charge is -2.09. The molecular weight excluding hydrogens is 310 g/mol. The van der Waals surface area contributed by atoms with Gasteiger partial charge in [-0.2, -0.15) is 4.99 Å². The van der Waals surface area contributed by atoms with Gasteiger partial charge in [-0.05, 0) is 34.5 Å². The summed E-state index contributed by atoms with van der Waals surface area (Å²) in [5.74, 6) is -0.727. The first-order chi connectivity index (χ1) is 11.1. The van der Waals surface area contributed by atoms with Crippen LogP contribution in [0.3, 0.4) is 0 Å². The van der Waals surface area contributed by atoms with E-state index in [1.54, 1.807) is 12.1 Å². The molecule has 0 radical (unpaired) electrons. The van der Waals surface area contributed by atoms with Crippen molar-refractivity contribution in [3.05, 3.63) is 71.2 Å². The predicted octanol–water partition coefficient (Wildman–Crippen LogP) is 3.57. The van der Waals surface area contributed by atoms with Gasteiger partial charge in [0.05, 0.1) is 0 Å². The molecule has 3 rings (SSSR count). The number of benzene rings is 3. The fraction of sp³-hybridized carbons (Fsp3) is 0. The summed E-state index contributed by atoms with van der Waals surface area (Å²) >= 11 is 6.31. The number of hydrogen-bond donors (Lipinski definition) is 2. The molecule has 0 atom stereocenters. The van der Waals surface area contributed by atoms with E-state index in [2.05, 4.69) is 4.99 Å². The molecule has 0 aliphatic heterocycles. The third-order valence-corrected chi connectivity index (χ3v) is 3.85. The van der Waals surface area contributed by atoms with E-state index in [9.17, 15) is 4.79 Å². The van der Waals surface area contributed by atoms with Crippen molar-refractivity contribution >= 4 is 34.2 Å². The number of hydrogen-bond acceptors (Lipinski definition) is 1. The number of guanidine groups is 1. The third-order valence-electron chi connectivity index (χ3n) is 3.52. The van der Waals surface area contributed by atoms with Crippen LogP contribution in [-0.4, -0.2) is 11.9 Å². The monoisotopic (exact) mass is 323 g/mol. The molecule has 114 valence electrons. The van der Waals surface area contributed by atoms with E-state index < -0.39 is 5.91 Å². The molecule has 0 spiro atoms. The summed E-state index contributed by atoms with van der Waals surface area (Å²) in [6, 6.07) is 18.8. The van der Waals surface area contributed by atoms with Gasteiger partial charge in [-0.15, -0.1) is 0 Å². The number of aliphatic imine (C=N–C) groups is 1. The highest BCUT2D eigenvalue weighted by Crippen LogP contribution is 2.33. The first-order valence-electron chi connectivity index (χ1n) is 6.98. The Morgan fingerprint density at radius 3 is 2.39 bits per heavy atom. The Morgan fingerprint density at radius 1 is 0.913 bits per heavy atom. The molecule has 0 fully saturated rings. The normalized spacial score (nSPS) is 10.5. The van der Waals surface area contributed by atoms with Crippen LogP contribution in [0.4, 0.5) is 0 Å². The van der Waals surface area contributed by atoms with Crippen LogP contribution < -0.4 is 11.5 Å². The second-order valence-electron chi connectivity index (χ2n) is 5.06. The summed E-state index contributed by atoms with van der Waals surface area (Å²) in [4.78, 5) is 15.6. The van der Waals surface area contributed by atoms with Crippen molar-refractivity contribution in [2.45, 2.75) is 0 Å². The summed E-state index contributed by atoms with van der Waals surface area (Å²) in [7, 11) is 0. The number of fused-ring (bicyclic) bond motifs is 1. The minimum atomic E-state index is -0.471. The van der Waals surface area contributed by atoms with Gasteiger partial charge in [-0.1, -0.05) is 54.1 Å². The van der Waals surface area contributed by atoms with Gasteiger partial charge in [0.2, 0.25) is 0 Å². The van der Waals surface area contributed by atoms with E-state index in [0.29, 0.717) is 10.6 Å². The molecule has 0 aliphatic rings. The maximum absolute atomic E-state index is 12.0. The minimum Gasteiger partial charge on any atom is -0.370 e. The Labute approximate surface area is 138 Å². The Hall–Kier alpha value is -2.85. The quantitative estimate of drug-likeness (QED) is 0.558. The molecule has 0 saturated carbocycles. The average Bonchev–Trinajstić information content (AvgIpc) is 2.54. The number of carbonyl (C=O) groups is 1. The fourth-order valence-corrected chi connectivity index (χ4v) is 2.74. The van der Waals surface area contributed by atoms with Gasteiger partial charge in [-0.25, -0.2) is 0 Å². The van der Waals surface area contributed by atoms with Crippen LogP contribution in [0.5, 0.6) is 0 Å². The van der Waals surface area contributed by atoms with E-state index in [1.165, 1.54) is 0 Å². The fourth-order valence-electron chi connectivity index (χ4n) is 2.50. The van der Waals surface area contributed by atoms with Crippen LogP contribution in [-0.2, 0) is 0 Å². The summed E-state index contributed by atoms with van der Waals surface area (Å²) in [5.41, 5.74) is 12.8. The molecule has 4 N–H and O–H groups in total. The van der Waals surface area contributed by atoms with Gasteiger partial charge in [0, 0.05) is 16.1 Å². The molecule has 3 aromatic carbocycles. The van der Waals surface area contributed by atoms with Crippen molar-refractivity contribution in [1.82, 2.24) is 0 Å². The molecule has 5 heteroatoms. The number of carbonyl (C=O) groups excluding carboxylic acids is 1. The number of halogens is 1. The van der Waals surface area contributed by atoms with E-state index in [4.69, 9.17) is 23.1 Å². The highest BCUT2D eigenvalue weighted by molar-refractivity contribution is 6.33. The standard InChI is InChI=1S/C18H14ClN3O/c19-16-7-2-1-5-14(16)13-6-3-4-11-8-9-12(10-15(11)13)17(23)22-18(20)21/h1-10H,(H4,20,21,22,23). The van der Waals surface area contributed by atoms with Crippen molar-refractivity contribution in [3.63, 3.8) is 0 Å². The van der Waals surface area contributed by atoms with Crippen LogP contribution in [0.1, 0.15) is 10.4 Å². The van der Waals surface area contributed by atoms with Crippen molar-refractivity contribution in [1.29, 1.82) is 0 Å². The van der Waals surface area contributed by atoms with Crippen LogP contribution >= 0.6 is 11.6 Å². The van der Waals surface area contributed by atoms with Crippen LogP contribution in [0.25, 0.3) is 21.9 Å². The largest absolute Gasteiger partial charge is 0.370 e. The van der Waals surface area contributed by atoms with E-state index >= 15 is 0 Å². The van der Waals surface area contributed by atoms with Gasteiger partial charge in [0.25, 0.3) is 5.91 Å². The highest BCUT2D eigenvalue weighted by Gasteiger charge is 2.10. The van der Waals surface area contributed by atoms with Gasteiger partial charge in [0.15, 0.2) is 5.96 Å². The van der Waals surface area contributed by atoms with Gasteiger partial charge in [0.1, 0.15) is 0 Å². The SMILES string of the molecule is NC(N)=NC(=O)c1ccc2cccc(-c3ccccc3Cl)c2c1. The lowest BCUT2D eigenvalue weighted by molar-refractivity contribution is 0.100. The zero-order valence-corrected chi connectivity index (χ0v) is 12.9. The first kappa shape index (κ1) is 15.1. The third kappa shape index (κ3) is 3.03. The van der Waals surface area contributed by atoms with Crippen LogP contribution in [0, 0.1) is 0 Å². The van der Waals surface area contributed by atoms with Gasteiger partial charge >= 0.3 is 0 Å². The van der Waals surface area contributed by atoms with Crippen molar-refractivity contribution in [3.8, 4) is 11.1 Å². The maximum Gasteiger partial charge on any atom is 0.280 e. The van der Waals surface area contributed by atoms with E-state index in [1.807, 2.05) is 48.5 Å². The summed E-state index contributed by atoms with van der Waals surface area (Å²) in [6.07, 6.45) is 0. The summed E-state index contributed by atoms with van der Waals surface area (Å²) in [5, 5.41) is 2.57. The van der Waals surface area contributed by atoms with E-state index in [-0.39, 0.29) is 5.96 Å². The van der Waals surface area contributed by atoms with E-state index in [0.717, 1.165) is 21.9 Å². The molecule has 4 nitrogen and oxygen atoms in total. The first-order valence-corrected chi connectivity index (χ1v) is 7.36. The van der Waals surface area contributed by atoms with Crippen LogP contribution in [0.2, 0.25) is 5.02 Å². The predicted molar refractivity (Wildman–Crippen MR) is 94.5 cm³/mol. The molecule has 0 heterocycles. The molecule has 23 heavy (non-hydrogen) atoms. The van der Waals surface area contributed by atoms with Gasteiger partial charge in [-0.3, -0.25) is 4.79 Å². The topological polar surface area (TPSA) is 81.5 Å². The van der Waals surface area contributed by atoms with Crippen LogP contribution in [0.15, 0.2) is 65.7 Å². The number of nitrogens with two attached hydrogens (primary N) is 2. The maximum atomic E-state index is 12.0. The number of nitrogens with zero attached hydrogens (tertiary/aromatic N) is 1. The molecule has 0 aromatic heterocycles. The molecular formula is C18H14ClN3O. The Balaban J connectivity index is 2.22. The second-order valence-corrected chi connectivity index (χ2v) is 5.47. The number of amides is 1. The molecule has 0 aliphatic carbocycles. The summed E-state index contributed by atoms with van der Waals surface area (Å²) in [6.45, 7) is 0. The van der Waals surface area contributed by atoms with Crippen molar-refractivity contribution < 1.29 is 4.79 Å². The molecule has 0 unspecified atom stereocenters. The second kappa shape index (κ2) is 6.10. The Bertz CT molecular complexity index is 930. The molecule has 3 aromatic rings. The zero-order chi connectivity index (χ0) is 16.4. The Morgan fingerprint density at radius 2 is 1.65 bits per heavy atom. The van der Waals surface area contributed by atoms with Crippen molar-refractivity contribution in [2.75, 3.05) is 0 Å². The zero-order valence-electron chi connectivity index (χ0n) is 12.2. The average molecular weight is 324 g/mol. The molecule has 1 amide bonds. The smallest absolute Gasteiger partial charge is 0.280 e. The molecule has 0 bridgehead atoms. The van der Waals surface area contributed by atoms with Crippen molar-refractivity contribution in [2.24, 2.45) is 16.5 Å². The summed E-state index contributed by atoms with van der Waals surface area (Å²) < 4.78 is 0. The Kier molecular flexibility index (Phi) is 4.00. The van der Waals surface area contributed by atoms with Gasteiger partial charge < -0.3 is 11.5 Å².